The number of aromatic nitrogens is 1. The highest BCUT2D eigenvalue weighted by molar-refractivity contribution is 14.0. The summed E-state index contributed by atoms with van der Waals surface area (Å²) in [6, 6.07) is 10.9. The van der Waals surface area contributed by atoms with Crippen LogP contribution in [-0.4, -0.2) is 55.7 Å². The lowest BCUT2D eigenvalue weighted by Crippen LogP contribution is -2.46. The first kappa shape index (κ1) is 23.1. The van der Waals surface area contributed by atoms with Crippen molar-refractivity contribution >= 4 is 41.3 Å². The highest BCUT2D eigenvalue weighted by atomic mass is 127. The standard InChI is InChI=1S/C20H29N5OS.HI/c1-15-16(2)27-19(24-15)14-23-20(21-3)22-13-18(17-7-5-4-6-8-17)25-9-11-26-12-10-25;/h4-8,18H,9-14H2,1-3H3,(H2,21,22,23);1H. The second-order valence-electron chi connectivity index (χ2n) is 6.63. The van der Waals surface area contributed by atoms with Crippen LogP contribution in [-0.2, 0) is 11.3 Å². The Hall–Kier alpha value is -1.23. The van der Waals surface area contributed by atoms with E-state index in [9.17, 15) is 0 Å². The highest BCUT2D eigenvalue weighted by Gasteiger charge is 2.22. The molecular formula is C20H30IN5OS. The van der Waals surface area contributed by atoms with E-state index in [1.54, 1.807) is 18.4 Å². The molecule has 1 fully saturated rings. The third-order valence-corrected chi connectivity index (χ3v) is 5.91. The number of benzene rings is 1. The Kier molecular flexibility index (Phi) is 9.63. The van der Waals surface area contributed by atoms with Gasteiger partial charge in [0.15, 0.2) is 5.96 Å². The van der Waals surface area contributed by atoms with Gasteiger partial charge in [-0.15, -0.1) is 35.3 Å². The van der Waals surface area contributed by atoms with Gasteiger partial charge < -0.3 is 15.4 Å². The molecule has 1 aromatic heterocycles. The van der Waals surface area contributed by atoms with Crippen molar-refractivity contribution in [3.05, 3.63) is 51.5 Å². The smallest absolute Gasteiger partial charge is 0.191 e. The van der Waals surface area contributed by atoms with Gasteiger partial charge in [0.25, 0.3) is 0 Å². The fraction of sp³-hybridized carbons (Fsp3) is 0.500. The molecule has 1 aromatic carbocycles. The highest BCUT2D eigenvalue weighted by Crippen LogP contribution is 2.21. The Morgan fingerprint density at radius 1 is 1.21 bits per heavy atom. The number of nitrogens with zero attached hydrogens (tertiary/aromatic N) is 3. The molecule has 1 aliphatic heterocycles. The first-order chi connectivity index (χ1) is 13.2. The van der Waals surface area contributed by atoms with Crippen molar-refractivity contribution in [2.24, 2.45) is 4.99 Å². The predicted molar refractivity (Wildman–Crippen MR) is 127 cm³/mol. The van der Waals surface area contributed by atoms with Crippen LogP contribution in [0, 0.1) is 13.8 Å². The van der Waals surface area contributed by atoms with E-state index < -0.39 is 0 Å². The lowest BCUT2D eigenvalue weighted by molar-refractivity contribution is 0.0170. The lowest BCUT2D eigenvalue weighted by atomic mass is 10.0. The minimum Gasteiger partial charge on any atom is -0.379 e. The van der Waals surface area contributed by atoms with E-state index in [2.05, 4.69) is 69.7 Å². The zero-order valence-corrected chi connectivity index (χ0v) is 19.9. The molecule has 8 heteroatoms. The molecule has 28 heavy (non-hydrogen) atoms. The van der Waals surface area contributed by atoms with Crippen LogP contribution in [0.1, 0.15) is 27.2 Å². The first-order valence-electron chi connectivity index (χ1n) is 9.41. The van der Waals surface area contributed by atoms with E-state index in [4.69, 9.17) is 4.74 Å². The molecule has 0 saturated carbocycles. The van der Waals surface area contributed by atoms with E-state index in [1.807, 2.05) is 0 Å². The van der Waals surface area contributed by atoms with Gasteiger partial charge in [-0.3, -0.25) is 9.89 Å². The van der Waals surface area contributed by atoms with E-state index >= 15 is 0 Å². The minimum atomic E-state index is 0. The van der Waals surface area contributed by atoms with Crippen molar-refractivity contribution < 1.29 is 4.74 Å². The maximum atomic E-state index is 5.53. The number of guanidine groups is 1. The van der Waals surface area contributed by atoms with Crippen molar-refractivity contribution in [3.8, 4) is 0 Å². The Morgan fingerprint density at radius 3 is 2.54 bits per heavy atom. The number of thiazole rings is 1. The molecule has 1 atom stereocenters. The largest absolute Gasteiger partial charge is 0.379 e. The normalized spacial score (nSPS) is 16.3. The molecule has 2 heterocycles. The Balaban J connectivity index is 0.00000280. The van der Waals surface area contributed by atoms with Crippen LogP contribution in [0.2, 0.25) is 0 Å². The van der Waals surface area contributed by atoms with E-state index in [0.29, 0.717) is 6.54 Å². The van der Waals surface area contributed by atoms with Crippen LogP contribution in [0.4, 0.5) is 0 Å². The number of hydrogen-bond donors (Lipinski definition) is 2. The average molecular weight is 515 g/mol. The average Bonchev–Trinajstić information content (AvgIpc) is 3.03. The molecule has 3 rings (SSSR count). The fourth-order valence-electron chi connectivity index (χ4n) is 3.21. The first-order valence-corrected chi connectivity index (χ1v) is 10.2. The van der Waals surface area contributed by atoms with Crippen LogP contribution >= 0.6 is 35.3 Å². The van der Waals surface area contributed by atoms with E-state index in [1.165, 1.54) is 10.4 Å². The Bertz CT molecular complexity index is 727. The molecule has 0 bridgehead atoms. The Morgan fingerprint density at radius 2 is 1.93 bits per heavy atom. The summed E-state index contributed by atoms with van der Waals surface area (Å²) in [4.78, 5) is 12.7. The van der Waals surface area contributed by atoms with Crippen molar-refractivity contribution in [1.82, 2.24) is 20.5 Å². The number of rotatable bonds is 6. The summed E-state index contributed by atoms with van der Waals surface area (Å²) in [7, 11) is 1.81. The molecule has 1 aliphatic rings. The molecule has 2 aromatic rings. The maximum Gasteiger partial charge on any atom is 0.191 e. The zero-order valence-electron chi connectivity index (χ0n) is 16.8. The van der Waals surface area contributed by atoms with Crippen molar-refractivity contribution in [2.45, 2.75) is 26.4 Å². The summed E-state index contributed by atoms with van der Waals surface area (Å²) < 4.78 is 5.53. The molecule has 6 nitrogen and oxygen atoms in total. The fourth-order valence-corrected chi connectivity index (χ4v) is 4.08. The number of ether oxygens (including phenoxy) is 1. The van der Waals surface area contributed by atoms with Crippen LogP contribution in [0.25, 0.3) is 0 Å². The van der Waals surface area contributed by atoms with Crippen molar-refractivity contribution in [3.63, 3.8) is 0 Å². The zero-order chi connectivity index (χ0) is 19.1. The van der Waals surface area contributed by atoms with Gasteiger partial charge in [-0.1, -0.05) is 30.3 Å². The molecule has 0 amide bonds. The number of halogens is 1. The molecule has 1 unspecified atom stereocenters. The van der Waals surface area contributed by atoms with Crippen LogP contribution in [0.15, 0.2) is 35.3 Å². The lowest BCUT2D eigenvalue weighted by Gasteiger charge is -2.35. The van der Waals surface area contributed by atoms with Crippen LogP contribution < -0.4 is 10.6 Å². The van der Waals surface area contributed by atoms with Gasteiger partial charge in [-0.25, -0.2) is 4.98 Å². The van der Waals surface area contributed by atoms with Crippen molar-refractivity contribution in [1.29, 1.82) is 0 Å². The number of aliphatic imine (C=N–C) groups is 1. The Labute approximate surface area is 188 Å². The summed E-state index contributed by atoms with van der Waals surface area (Å²) in [6.45, 7) is 9.12. The van der Waals surface area contributed by atoms with E-state index in [0.717, 1.165) is 49.5 Å². The third kappa shape index (κ3) is 6.40. The topological polar surface area (TPSA) is 61.8 Å². The second kappa shape index (κ2) is 11.7. The summed E-state index contributed by atoms with van der Waals surface area (Å²) in [5, 5.41) is 7.95. The maximum absolute atomic E-state index is 5.53. The summed E-state index contributed by atoms with van der Waals surface area (Å²) in [6.07, 6.45) is 0. The van der Waals surface area contributed by atoms with Gasteiger partial charge >= 0.3 is 0 Å². The summed E-state index contributed by atoms with van der Waals surface area (Å²) >= 11 is 1.73. The van der Waals surface area contributed by atoms with Gasteiger partial charge in [0.05, 0.1) is 31.5 Å². The SMILES string of the molecule is CN=C(NCc1nc(C)c(C)s1)NCC(c1ccccc1)N1CCOCC1.I. The van der Waals surface area contributed by atoms with Crippen molar-refractivity contribution in [2.75, 3.05) is 39.9 Å². The molecule has 0 radical (unpaired) electrons. The quantitative estimate of drug-likeness (QED) is 0.352. The monoisotopic (exact) mass is 515 g/mol. The molecule has 2 N–H and O–H groups in total. The van der Waals surface area contributed by atoms with Gasteiger partial charge in [0, 0.05) is 31.6 Å². The summed E-state index contributed by atoms with van der Waals surface area (Å²) in [5.41, 5.74) is 2.42. The molecule has 0 spiro atoms. The summed E-state index contributed by atoms with van der Waals surface area (Å²) in [5.74, 6) is 0.801. The minimum absolute atomic E-state index is 0. The van der Waals surface area contributed by atoms with Gasteiger partial charge in [-0.2, -0.15) is 0 Å². The number of nitrogens with one attached hydrogen (secondary N) is 2. The number of morpholine rings is 1. The number of hydrogen-bond acceptors (Lipinski definition) is 5. The number of aryl methyl sites for hydroxylation is 2. The van der Waals surface area contributed by atoms with Gasteiger partial charge in [0.2, 0.25) is 0 Å². The molecule has 0 aliphatic carbocycles. The van der Waals surface area contributed by atoms with Crippen LogP contribution in [0.3, 0.4) is 0 Å². The van der Waals surface area contributed by atoms with Gasteiger partial charge in [-0.05, 0) is 19.4 Å². The molecule has 154 valence electrons. The second-order valence-corrected chi connectivity index (χ2v) is 7.92. The molecule has 1 saturated heterocycles. The van der Waals surface area contributed by atoms with E-state index in [-0.39, 0.29) is 30.0 Å². The molecular weight excluding hydrogens is 485 g/mol. The third-order valence-electron chi connectivity index (χ3n) is 4.84. The van der Waals surface area contributed by atoms with Crippen LogP contribution in [0.5, 0.6) is 0 Å². The van der Waals surface area contributed by atoms with Gasteiger partial charge in [0.1, 0.15) is 5.01 Å². The predicted octanol–water partition coefficient (Wildman–Crippen LogP) is 3.12.